The lowest BCUT2D eigenvalue weighted by Crippen LogP contribution is -2.00. The predicted molar refractivity (Wildman–Crippen MR) is 68.1 cm³/mol. The summed E-state index contributed by atoms with van der Waals surface area (Å²) in [6.07, 6.45) is 1.69. The van der Waals surface area contributed by atoms with Gasteiger partial charge in [-0.2, -0.15) is 0 Å². The smallest absolute Gasteiger partial charge is 0.196 e. The van der Waals surface area contributed by atoms with Gasteiger partial charge in [-0.05, 0) is 28.1 Å². The minimum absolute atomic E-state index is 0.0490. The highest BCUT2D eigenvalue weighted by Gasteiger charge is 2.13. The number of pyridine rings is 1. The number of rotatable bonds is 3. The van der Waals surface area contributed by atoms with Crippen molar-refractivity contribution in [3.8, 4) is 10.7 Å². The number of carbonyl (C=O) groups excluding carboxylic acids is 1. The lowest BCUT2D eigenvalue weighted by atomic mass is 10.3. The molecule has 0 saturated carbocycles. The minimum atomic E-state index is -0.170. The topological polar surface area (TPSA) is 42.9 Å². The van der Waals surface area contributed by atoms with Gasteiger partial charge in [0.05, 0.1) is 5.88 Å². The number of alkyl halides is 1. The van der Waals surface area contributed by atoms with Gasteiger partial charge in [0.15, 0.2) is 5.78 Å². The van der Waals surface area contributed by atoms with E-state index in [0.717, 1.165) is 10.2 Å². The Balaban J connectivity index is 2.39. The van der Waals surface area contributed by atoms with E-state index in [4.69, 9.17) is 11.6 Å². The molecule has 0 radical (unpaired) electrons. The van der Waals surface area contributed by atoms with E-state index >= 15 is 0 Å². The number of ketones is 1. The van der Waals surface area contributed by atoms with E-state index in [1.807, 2.05) is 12.1 Å². The molecule has 3 nitrogen and oxygen atoms in total. The van der Waals surface area contributed by atoms with Gasteiger partial charge in [0.2, 0.25) is 0 Å². The molecule has 0 unspecified atom stereocenters. The molecule has 0 aliphatic heterocycles. The van der Waals surface area contributed by atoms with E-state index in [1.54, 1.807) is 11.6 Å². The van der Waals surface area contributed by atoms with Gasteiger partial charge in [0, 0.05) is 16.0 Å². The Morgan fingerprint density at radius 2 is 2.38 bits per heavy atom. The van der Waals surface area contributed by atoms with Crippen molar-refractivity contribution in [1.29, 1.82) is 0 Å². The molecular weight excluding hydrogens is 312 g/mol. The number of hydrogen-bond acceptors (Lipinski definition) is 4. The summed E-state index contributed by atoms with van der Waals surface area (Å²) in [6.45, 7) is 0. The number of thiazole rings is 1. The number of halogens is 2. The molecule has 82 valence electrons. The third-order valence-electron chi connectivity index (χ3n) is 1.87. The molecule has 2 rings (SSSR count). The molecule has 0 aromatic carbocycles. The zero-order chi connectivity index (χ0) is 11.5. The first-order chi connectivity index (χ1) is 7.72. The quantitative estimate of drug-likeness (QED) is 0.644. The second-order valence-corrected chi connectivity index (χ2v) is 4.91. The standard InChI is InChI=1S/C10H6BrClN2OS/c11-6-2-1-3-13-9(6)10-14-7(5-16-10)8(15)4-12/h1-3,5H,4H2. The van der Waals surface area contributed by atoms with Gasteiger partial charge in [-0.1, -0.05) is 0 Å². The van der Waals surface area contributed by atoms with Crippen LogP contribution in [0.25, 0.3) is 10.7 Å². The van der Waals surface area contributed by atoms with Crippen LogP contribution in [-0.4, -0.2) is 21.6 Å². The number of Topliss-reactive ketones (excluding diaryl/α,β-unsaturated/α-hetero) is 1. The van der Waals surface area contributed by atoms with Crippen molar-refractivity contribution in [2.75, 3.05) is 5.88 Å². The Bertz CT molecular complexity index is 529. The van der Waals surface area contributed by atoms with Crippen LogP contribution in [0.5, 0.6) is 0 Å². The second kappa shape index (κ2) is 5.03. The van der Waals surface area contributed by atoms with Crippen molar-refractivity contribution in [1.82, 2.24) is 9.97 Å². The predicted octanol–water partition coefficient (Wildman–Crippen LogP) is 3.39. The van der Waals surface area contributed by atoms with Gasteiger partial charge in [-0.3, -0.25) is 9.78 Å². The van der Waals surface area contributed by atoms with Gasteiger partial charge >= 0.3 is 0 Å². The van der Waals surface area contributed by atoms with Crippen LogP contribution in [0.15, 0.2) is 28.2 Å². The van der Waals surface area contributed by atoms with E-state index in [2.05, 4.69) is 25.9 Å². The molecule has 0 aliphatic carbocycles. The fourth-order valence-electron chi connectivity index (χ4n) is 1.12. The van der Waals surface area contributed by atoms with Crippen molar-refractivity contribution in [3.05, 3.63) is 33.9 Å². The number of carbonyl (C=O) groups is 1. The Kier molecular flexibility index (Phi) is 3.68. The Morgan fingerprint density at radius 1 is 1.56 bits per heavy atom. The van der Waals surface area contributed by atoms with Gasteiger partial charge in [0.25, 0.3) is 0 Å². The first-order valence-electron chi connectivity index (χ1n) is 4.38. The lowest BCUT2D eigenvalue weighted by Gasteiger charge is -1.97. The molecule has 0 fully saturated rings. The molecule has 0 aliphatic rings. The summed E-state index contributed by atoms with van der Waals surface area (Å²) < 4.78 is 0.856. The molecule has 2 aromatic rings. The molecular formula is C10H6BrClN2OS. The largest absolute Gasteiger partial charge is 0.291 e. The van der Waals surface area contributed by atoms with Crippen LogP contribution in [-0.2, 0) is 0 Å². The summed E-state index contributed by atoms with van der Waals surface area (Å²) in [6, 6.07) is 3.71. The Labute approximate surface area is 110 Å². The zero-order valence-electron chi connectivity index (χ0n) is 7.98. The van der Waals surface area contributed by atoms with Gasteiger partial charge in [-0.25, -0.2) is 4.98 Å². The van der Waals surface area contributed by atoms with Crippen LogP contribution in [0.1, 0.15) is 10.5 Å². The number of nitrogens with zero attached hydrogens (tertiary/aromatic N) is 2. The normalized spacial score (nSPS) is 10.4. The molecule has 0 saturated heterocycles. The maximum Gasteiger partial charge on any atom is 0.196 e. The van der Waals surface area contributed by atoms with Crippen molar-refractivity contribution < 1.29 is 4.79 Å². The highest BCUT2D eigenvalue weighted by molar-refractivity contribution is 9.10. The van der Waals surface area contributed by atoms with Crippen LogP contribution < -0.4 is 0 Å². The van der Waals surface area contributed by atoms with E-state index in [1.165, 1.54) is 11.3 Å². The first kappa shape index (κ1) is 11.7. The summed E-state index contributed by atoms with van der Waals surface area (Å²) in [5.74, 6) is -0.219. The molecule has 0 amide bonds. The van der Waals surface area contributed by atoms with E-state index in [0.29, 0.717) is 10.7 Å². The summed E-state index contributed by atoms with van der Waals surface area (Å²) in [7, 11) is 0. The second-order valence-electron chi connectivity index (χ2n) is 2.93. The maximum atomic E-state index is 11.3. The van der Waals surface area contributed by atoms with Crippen molar-refractivity contribution in [3.63, 3.8) is 0 Å². The van der Waals surface area contributed by atoms with E-state index in [9.17, 15) is 4.79 Å². The maximum absolute atomic E-state index is 11.3. The molecule has 2 heterocycles. The first-order valence-corrected chi connectivity index (χ1v) is 6.58. The van der Waals surface area contributed by atoms with Crippen LogP contribution in [0.2, 0.25) is 0 Å². The molecule has 6 heteroatoms. The van der Waals surface area contributed by atoms with Crippen molar-refractivity contribution in [2.24, 2.45) is 0 Å². The molecule has 16 heavy (non-hydrogen) atoms. The van der Waals surface area contributed by atoms with Crippen molar-refractivity contribution in [2.45, 2.75) is 0 Å². The average molecular weight is 318 g/mol. The molecule has 0 N–H and O–H groups in total. The van der Waals surface area contributed by atoms with Crippen LogP contribution in [0.4, 0.5) is 0 Å². The van der Waals surface area contributed by atoms with Crippen molar-refractivity contribution >= 4 is 44.7 Å². The van der Waals surface area contributed by atoms with Crippen LogP contribution >= 0.6 is 38.9 Å². The zero-order valence-corrected chi connectivity index (χ0v) is 11.1. The van der Waals surface area contributed by atoms with Gasteiger partial charge in [0.1, 0.15) is 16.4 Å². The summed E-state index contributed by atoms with van der Waals surface area (Å²) >= 11 is 10.2. The number of hydrogen-bond donors (Lipinski definition) is 0. The lowest BCUT2D eigenvalue weighted by molar-refractivity contribution is 0.101. The highest BCUT2D eigenvalue weighted by Crippen LogP contribution is 2.28. The van der Waals surface area contributed by atoms with Gasteiger partial charge < -0.3 is 0 Å². The molecule has 2 aromatic heterocycles. The Hall–Kier alpha value is -0.780. The summed E-state index contributed by atoms with van der Waals surface area (Å²) in [5.41, 5.74) is 1.13. The minimum Gasteiger partial charge on any atom is -0.291 e. The van der Waals surface area contributed by atoms with Crippen LogP contribution in [0, 0.1) is 0 Å². The summed E-state index contributed by atoms with van der Waals surface area (Å²) in [5, 5.41) is 2.40. The summed E-state index contributed by atoms with van der Waals surface area (Å²) in [4.78, 5) is 19.7. The average Bonchev–Trinajstić information content (AvgIpc) is 2.78. The molecule has 0 bridgehead atoms. The third-order valence-corrected chi connectivity index (χ3v) is 3.60. The van der Waals surface area contributed by atoms with Gasteiger partial charge in [-0.15, -0.1) is 22.9 Å². The highest BCUT2D eigenvalue weighted by atomic mass is 79.9. The molecule has 0 spiro atoms. The SMILES string of the molecule is O=C(CCl)c1csc(-c2ncccc2Br)n1. The monoisotopic (exact) mass is 316 g/mol. The van der Waals surface area contributed by atoms with Crippen LogP contribution in [0.3, 0.4) is 0 Å². The molecule has 0 atom stereocenters. The fraction of sp³-hybridized carbons (Fsp3) is 0.100. The Morgan fingerprint density at radius 3 is 3.06 bits per heavy atom. The number of aromatic nitrogens is 2. The fourth-order valence-corrected chi connectivity index (χ4v) is 2.67. The third kappa shape index (κ3) is 2.31. The van der Waals surface area contributed by atoms with E-state index in [-0.39, 0.29) is 11.7 Å². The van der Waals surface area contributed by atoms with E-state index < -0.39 is 0 Å².